The van der Waals surface area contributed by atoms with Crippen LogP contribution in [0.15, 0.2) is 18.2 Å². The van der Waals surface area contributed by atoms with Crippen LogP contribution in [0.5, 0.6) is 0 Å². The van der Waals surface area contributed by atoms with Crippen LogP contribution in [0.3, 0.4) is 0 Å². The number of fused-ring (bicyclic) bond motifs is 1. The fourth-order valence-corrected chi connectivity index (χ4v) is 4.36. The topological polar surface area (TPSA) is 119 Å². The lowest BCUT2D eigenvalue weighted by Crippen LogP contribution is -2.36. The summed E-state index contributed by atoms with van der Waals surface area (Å²) >= 11 is 0. The lowest BCUT2D eigenvalue weighted by molar-refractivity contribution is -0.136. The Kier molecular flexibility index (Phi) is 6.22. The Morgan fingerprint density at radius 2 is 1.82 bits per heavy atom. The van der Waals surface area contributed by atoms with Crippen molar-refractivity contribution in [1.82, 2.24) is 9.88 Å². The molecular weight excluding hydrogens is 400 g/mol. The second-order valence-corrected chi connectivity index (χ2v) is 7.74. The molecule has 0 spiro atoms. The van der Waals surface area contributed by atoms with Gasteiger partial charge in [-0.3, -0.25) is 20.1 Å². The monoisotopic (exact) mass is 420 g/mol. The first-order chi connectivity index (χ1) is 12.9. The largest absolute Gasteiger partial charge is 0.417 e. The van der Waals surface area contributed by atoms with Gasteiger partial charge in [0, 0.05) is 18.0 Å². The van der Waals surface area contributed by atoms with Crippen molar-refractivity contribution in [3.05, 3.63) is 29.5 Å². The Bertz CT molecular complexity index is 961. The molecule has 0 unspecified atom stereocenters. The van der Waals surface area contributed by atoms with E-state index in [-0.39, 0.29) is 35.1 Å². The van der Waals surface area contributed by atoms with E-state index in [1.54, 1.807) is 13.8 Å². The molecule has 0 bridgehead atoms. The molecule has 1 aromatic carbocycles. The van der Waals surface area contributed by atoms with E-state index in [1.807, 2.05) is 5.32 Å². The summed E-state index contributed by atoms with van der Waals surface area (Å²) in [6.45, 7) is 3.02. The van der Waals surface area contributed by atoms with E-state index in [4.69, 9.17) is 20.2 Å². The average Bonchev–Trinajstić information content (AvgIpc) is 2.90. The molecule has 0 aliphatic heterocycles. The van der Waals surface area contributed by atoms with Gasteiger partial charge in [-0.1, -0.05) is 0 Å². The van der Waals surface area contributed by atoms with E-state index >= 15 is 0 Å². The summed E-state index contributed by atoms with van der Waals surface area (Å²) in [7, 11) is -2.63. The maximum absolute atomic E-state index is 13.7. The SMILES string of the molecule is CCOP(=O)(OCC)c1cc(C(F)(F)F)c2cc(C(=O)NC(=N)N)n(C)c2c1. The van der Waals surface area contributed by atoms with Crippen molar-refractivity contribution in [3.8, 4) is 0 Å². The zero-order valence-corrected chi connectivity index (χ0v) is 16.3. The molecule has 4 N–H and O–H groups in total. The van der Waals surface area contributed by atoms with Gasteiger partial charge >= 0.3 is 13.8 Å². The molecule has 0 radical (unpaired) electrons. The minimum Gasteiger partial charge on any atom is -0.370 e. The lowest BCUT2D eigenvalue weighted by atomic mass is 10.1. The number of carbonyl (C=O) groups excluding carboxylic acids is 1. The molecule has 1 heterocycles. The van der Waals surface area contributed by atoms with Crippen LogP contribution >= 0.6 is 7.60 Å². The standard InChI is InChI=1S/C16H20F3N4O4P/c1-4-26-28(25,27-5-2)9-6-11(16(17,18)19)10-8-13(14(24)22-15(20)21)23(3)12(10)7-9/h6-8H,4-5H2,1-3H3,(H4,20,21,22,24). The number of benzene rings is 1. The molecule has 0 atom stereocenters. The third kappa shape index (κ3) is 4.21. The summed E-state index contributed by atoms with van der Waals surface area (Å²) in [5.74, 6) is -1.50. The summed E-state index contributed by atoms with van der Waals surface area (Å²) in [5.41, 5.74) is 3.87. The second-order valence-electron chi connectivity index (χ2n) is 5.71. The highest BCUT2D eigenvalue weighted by Gasteiger charge is 2.37. The van der Waals surface area contributed by atoms with E-state index in [1.165, 1.54) is 17.7 Å². The van der Waals surface area contributed by atoms with Crippen molar-refractivity contribution in [3.63, 3.8) is 0 Å². The molecule has 0 aliphatic rings. The molecule has 8 nitrogen and oxygen atoms in total. The fourth-order valence-electron chi connectivity index (χ4n) is 2.74. The number of nitrogens with zero attached hydrogens (tertiary/aromatic N) is 1. The highest BCUT2D eigenvalue weighted by atomic mass is 31.2. The first-order valence-electron chi connectivity index (χ1n) is 8.20. The number of aromatic nitrogens is 1. The quantitative estimate of drug-likeness (QED) is 0.377. The zero-order valence-electron chi connectivity index (χ0n) is 15.4. The molecular formula is C16H20F3N4O4P. The van der Waals surface area contributed by atoms with Gasteiger partial charge in [0.25, 0.3) is 5.91 Å². The Hall–Kier alpha value is -2.36. The van der Waals surface area contributed by atoms with Gasteiger partial charge in [0.2, 0.25) is 0 Å². The summed E-state index contributed by atoms with van der Waals surface area (Å²) in [4.78, 5) is 12.2. The van der Waals surface area contributed by atoms with Gasteiger partial charge in [0.1, 0.15) is 5.69 Å². The van der Waals surface area contributed by atoms with Crippen molar-refractivity contribution in [2.24, 2.45) is 12.8 Å². The van der Waals surface area contributed by atoms with Gasteiger partial charge in [0.15, 0.2) is 5.96 Å². The van der Waals surface area contributed by atoms with E-state index in [9.17, 15) is 22.5 Å². The summed E-state index contributed by atoms with van der Waals surface area (Å²) in [6, 6.07) is 2.98. The van der Waals surface area contributed by atoms with Gasteiger partial charge in [-0.25, -0.2) is 0 Å². The Morgan fingerprint density at radius 1 is 1.25 bits per heavy atom. The molecule has 0 saturated carbocycles. The first kappa shape index (κ1) is 21.9. The van der Waals surface area contributed by atoms with Crippen LogP contribution in [0.4, 0.5) is 13.2 Å². The van der Waals surface area contributed by atoms with Gasteiger partial charge in [-0.15, -0.1) is 0 Å². The highest BCUT2D eigenvalue weighted by Crippen LogP contribution is 2.49. The molecule has 154 valence electrons. The number of halogens is 3. The van der Waals surface area contributed by atoms with E-state index in [0.29, 0.717) is 6.07 Å². The van der Waals surface area contributed by atoms with Crippen LogP contribution in [0, 0.1) is 5.41 Å². The molecule has 2 aromatic rings. The fraction of sp³-hybridized carbons (Fsp3) is 0.375. The molecule has 0 saturated heterocycles. The van der Waals surface area contributed by atoms with Crippen molar-refractivity contribution < 1.29 is 31.6 Å². The minimum absolute atomic E-state index is 0.00171. The number of nitrogens with two attached hydrogens (primary N) is 1. The lowest BCUT2D eigenvalue weighted by Gasteiger charge is -2.19. The predicted molar refractivity (Wildman–Crippen MR) is 97.8 cm³/mol. The van der Waals surface area contributed by atoms with Gasteiger partial charge in [-0.05, 0) is 32.0 Å². The van der Waals surface area contributed by atoms with Crippen LogP contribution < -0.4 is 16.4 Å². The third-order valence-electron chi connectivity index (χ3n) is 3.85. The maximum Gasteiger partial charge on any atom is 0.417 e. The number of rotatable bonds is 6. The van der Waals surface area contributed by atoms with Crippen LogP contribution in [-0.4, -0.2) is 29.6 Å². The van der Waals surface area contributed by atoms with Crippen molar-refractivity contribution in [1.29, 1.82) is 5.41 Å². The van der Waals surface area contributed by atoms with Gasteiger partial charge < -0.3 is 19.3 Å². The number of carbonyl (C=O) groups is 1. The minimum atomic E-state index is -4.78. The van der Waals surface area contributed by atoms with Crippen LogP contribution in [-0.2, 0) is 26.8 Å². The second kappa shape index (κ2) is 7.94. The highest BCUT2D eigenvalue weighted by molar-refractivity contribution is 7.62. The first-order valence-corrected chi connectivity index (χ1v) is 9.74. The molecule has 1 amide bonds. The normalized spacial score (nSPS) is 12.4. The molecule has 28 heavy (non-hydrogen) atoms. The Morgan fingerprint density at radius 3 is 2.29 bits per heavy atom. The smallest absolute Gasteiger partial charge is 0.370 e. The Labute approximate surface area is 158 Å². The van der Waals surface area contributed by atoms with Gasteiger partial charge in [0.05, 0.1) is 24.1 Å². The van der Waals surface area contributed by atoms with Crippen LogP contribution in [0.25, 0.3) is 10.9 Å². The average molecular weight is 420 g/mol. The van der Waals surface area contributed by atoms with E-state index < -0.39 is 31.2 Å². The third-order valence-corrected chi connectivity index (χ3v) is 5.93. The van der Waals surface area contributed by atoms with Crippen molar-refractivity contribution in [2.75, 3.05) is 13.2 Å². The maximum atomic E-state index is 13.7. The number of amides is 1. The van der Waals surface area contributed by atoms with Crippen molar-refractivity contribution >= 4 is 35.7 Å². The number of alkyl halides is 3. The summed E-state index contributed by atoms with van der Waals surface area (Å²) in [6.07, 6.45) is -4.78. The molecule has 0 aliphatic carbocycles. The van der Waals surface area contributed by atoms with E-state index in [0.717, 1.165) is 6.07 Å². The number of hydrogen-bond donors (Lipinski definition) is 3. The molecule has 12 heteroatoms. The van der Waals surface area contributed by atoms with E-state index in [2.05, 4.69) is 0 Å². The number of hydrogen-bond acceptors (Lipinski definition) is 5. The summed E-state index contributed by atoms with van der Waals surface area (Å²) in [5, 5.41) is 8.60. The number of aryl methyl sites for hydroxylation is 1. The molecule has 2 rings (SSSR count). The molecule has 0 fully saturated rings. The van der Waals surface area contributed by atoms with Crippen LogP contribution in [0.2, 0.25) is 0 Å². The predicted octanol–water partition coefficient (Wildman–Crippen LogP) is 2.71. The van der Waals surface area contributed by atoms with Crippen LogP contribution in [0.1, 0.15) is 29.9 Å². The molecule has 1 aromatic heterocycles. The number of nitrogens with one attached hydrogen (secondary N) is 2. The Balaban J connectivity index is 2.81. The summed E-state index contributed by atoms with van der Waals surface area (Å²) < 4.78 is 65.5. The zero-order chi connectivity index (χ0) is 21.3. The number of guanidine groups is 1. The van der Waals surface area contributed by atoms with Gasteiger partial charge in [-0.2, -0.15) is 13.2 Å². The van der Waals surface area contributed by atoms with Crippen molar-refractivity contribution in [2.45, 2.75) is 20.0 Å².